The Morgan fingerprint density at radius 2 is 2.04 bits per heavy atom. The summed E-state index contributed by atoms with van der Waals surface area (Å²) in [7, 11) is 3.64. The lowest BCUT2D eigenvalue weighted by Gasteiger charge is -2.22. The Labute approximate surface area is 151 Å². The smallest absolute Gasteiger partial charge is 0.212 e. The van der Waals surface area contributed by atoms with Crippen LogP contribution in [-0.4, -0.2) is 37.7 Å². The lowest BCUT2D eigenvalue weighted by Crippen LogP contribution is -2.21. The molecule has 25 heavy (non-hydrogen) atoms. The molecule has 0 atom stereocenters. The molecule has 0 radical (unpaired) electrons. The van der Waals surface area contributed by atoms with Gasteiger partial charge in [0.2, 0.25) is 6.41 Å². The van der Waals surface area contributed by atoms with Crippen LogP contribution in [0.1, 0.15) is 32.8 Å². The molecule has 136 valence electrons. The predicted octanol–water partition coefficient (Wildman–Crippen LogP) is 3.53. The van der Waals surface area contributed by atoms with E-state index in [0.29, 0.717) is 18.7 Å². The summed E-state index contributed by atoms with van der Waals surface area (Å²) in [6, 6.07) is 7.84. The van der Waals surface area contributed by atoms with Gasteiger partial charge >= 0.3 is 0 Å². The minimum Gasteiger partial charge on any atom is -0.496 e. The Balaban J connectivity index is 3.08. The van der Waals surface area contributed by atoms with Crippen molar-refractivity contribution >= 4 is 12.1 Å². The summed E-state index contributed by atoms with van der Waals surface area (Å²) in [6.45, 7) is 11.0. The first-order valence-electron chi connectivity index (χ1n) is 8.42. The van der Waals surface area contributed by atoms with Gasteiger partial charge in [0.05, 0.1) is 7.11 Å². The lowest BCUT2D eigenvalue weighted by atomic mass is 10.1. The fourth-order valence-electron chi connectivity index (χ4n) is 2.53. The molecule has 0 heterocycles. The largest absolute Gasteiger partial charge is 0.496 e. The molecule has 0 aliphatic carbocycles. The number of para-hydroxylation sites is 1. The molecule has 1 amide bonds. The molecular weight excluding hydrogens is 314 g/mol. The van der Waals surface area contributed by atoms with Crippen molar-refractivity contribution in [2.45, 2.75) is 33.6 Å². The molecule has 0 saturated carbocycles. The molecule has 0 spiro atoms. The number of hydrogen-bond donors (Lipinski definition) is 1. The summed E-state index contributed by atoms with van der Waals surface area (Å²) in [5.74, 6) is 1.35. The summed E-state index contributed by atoms with van der Waals surface area (Å²) in [5, 5.41) is 2.70. The number of nitrogens with one attached hydrogen (secondary N) is 1. The van der Waals surface area contributed by atoms with Crippen LogP contribution in [0.25, 0.3) is 0 Å². The average Bonchev–Trinajstić information content (AvgIpc) is 2.60. The molecule has 1 aromatic rings. The average molecular weight is 343 g/mol. The van der Waals surface area contributed by atoms with Gasteiger partial charge in [-0.3, -0.25) is 4.79 Å². The Hall–Kier alpha value is -2.56. The Morgan fingerprint density at radius 3 is 2.64 bits per heavy atom. The van der Waals surface area contributed by atoms with Crippen LogP contribution in [0.5, 0.6) is 5.75 Å². The van der Waals surface area contributed by atoms with Crippen LogP contribution in [-0.2, 0) is 11.2 Å². The minimum absolute atomic E-state index is 0.523. The van der Waals surface area contributed by atoms with E-state index in [2.05, 4.69) is 28.7 Å². The molecular formula is C20H29N3O2. The second kappa shape index (κ2) is 10.3. The van der Waals surface area contributed by atoms with Crippen molar-refractivity contribution < 1.29 is 9.53 Å². The van der Waals surface area contributed by atoms with Crippen molar-refractivity contribution in [3.8, 4) is 5.75 Å². The van der Waals surface area contributed by atoms with Crippen molar-refractivity contribution in [1.82, 2.24) is 10.2 Å². The highest BCUT2D eigenvalue weighted by molar-refractivity contribution is 5.86. The number of aliphatic imine (C=N–C) groups is 1. The highest BCUT2D eigenvalue weighted by Crippen LogP contribution is 2.20. The number of methoxy groups -OCH3 is 1. The third kappa shape index (κ3) is 6.10. The van der Waals surface area contributed by atoms with Crippen molar-refractivity contribution in [2.75, 3.05) is 20.7 Å². The van der Waals surface area contributed by atoms with E-state index in [1.165, 1.54) is 0 Å². The third-order valence-corrected chi connectivity index (χ3v) is 3.94. The number of ether oxygens (including phenoxy) is 1. The van der Waals surface area contributed by atoms with Crippen LogP contribution >= 0.6 is 0 Å². The van der Waals surface area contributed by atoms with E-state index in [1.54, 1.807) is 7.11 Å². The highest BCUT2D eigenvalue weighted by Gasteiger charge is 2.10. The maximum atomic E-state index is 11.0. The fourth-order valence-corrected chi connectivity index (χ4v) is 2.53. The van der Waals surface area contributed by atoms with Gasteiger partial charge in [-0.05, 0) is 31.9 Å². The summed E-state index contributed by atoms with van der Waals surface area (Å²) < 4.78 is 5.38. The Bertz CT molecular complexity index is 663. The van der Waals surface area contributed by atoms with E-state index < -0.39 is 0 Å². The van der Waals surface area contributed by atoms with Gasteiger partial charge in [-0.1, -0.05) is 31.7 Å². The molecule has 0 aliphatic rings. The van der Waals surface area contributed by atoms with Crippen LogP contribution in [0.4, 0.5) is 0 Å². The van der Waals surface area contributed by atoms with Crippen molar-refractivity contribution in [3.05, 3.63) is 53.5 Å². The van der Waals surface area contributed by atoms with Gasteiger partial charge in [0.15, 0.2) is 0 Å². The second-order valence-corrected chi connectivity index (χ2v) is 5.94. The van der Waals surface area contributed by atoms with Gasteiger partial charge < -0.3 is 15.0 Å². The first-order valence-corrected chi connectivity index (χ1v) is 8.42. The van der Waals surface area contributed by atoms with Crippen LogP contribution in [0.15, 0.2) is 52.9 Å². The number of likely N-dealkylation sites (N-methyl/N-ethyl adjacent to an activating group) is 1. The number of nitrogens with zero attached hydrogens (tertiary/aromatic N) is 2. The van der Waals surface area contributed by atoms with Crippen molar-refractivity contribution in [3.63, 3.8) is 0 Å². The minimum atomic E-state index is 0.523. The molecule has 0 bridgehead atoms. The summed E-state index contributed by atoms with van der Waals surface area (Å²) in [4.78, 5) is 17.7. The van der Waals surface area contributed by atoms with E-state index in [-0.39, 0.29) is 0 Å². The monoisotopic (exact) mass is 343 g/mol. The molecule has 0 fully saturated rings. The molecule has 0 aliphatic heterocycles. The predicted molar refractivity (Wildman–Crippen MR) is 104 cm³/mol. The first kappa shape index (κ1) is 20.5. The zero-order chi connectivity index (χ0) is 18.8. The van der Waals surface area contributed by atoms with Crippen LogP contribution < -0.4 is 10.1 Å². The number of benzene rings is 1. The maximum absolute atomic E-state index is 11.0. The van der Waals surface area contributed by atoms with Gasteiger partial charge in [-0.15, -0.1) is 0 Å². The zero-order valence-electron chi connectivity index (χ0n) is 15.9. The van der Waals surface area contributed by atoms with Gasteiger partial charge in [0, 0.05) is 37.0 Å². The van der Waals surface area contributed by atoms with Crippen molar-refractivity contribution in [1.29, 1.82) is 0 Å². The number of allylic oxidation sites excluding steroid dienone is 1. The first-order chi connectivity index (χ1) is 11.9. The van der Waals surface area contributed by atoms with Crippen LogP contribution in [0.3, 0.4) is 0 Å². The molecule has 0 aromatic heterocycles. The van der Waals surface area contributed by atoms with E-state index >= 15 is 0 Å². The fraction of sp³-hybridized carbons (Fsp3) is 0.400. The third-order valence-electron chi connectivity index (χ3n) is 3.94. The SMILES string of the molecule is C=C(/C(C)=C(/N=C(\C)Cc1ccccc1OC)NC=O)N(C)CCC. The quantitative estimate of drug-likeness (QED) is 0.402. The number of amides is 1. The van der Waals surface area contributed by atoms with E-state index in [0.717, 1.165) is 41.3 Å². The molecule has 1 aromatic carbocycles. The van der Waals surface area contributed by atoms with Crippen LogP contribution in [0, 0.1) is 0 Å². The van der Waals surface area contributed by atoms with E-state index in [9.17, 15) is 4.79 Å². The number of rotatable bonds is 10. The van der Waals surface area contributed by atoms with Crippen LogP contribution in [0.2, 0.25) is 0 Å². The molecule has 1 rings (SSSR count). The molecule has 5 heteroatoms. The molecule has 5 nitrogen and oxygen atoms in total. The second-order valence-electron chi connectivity index (χ2n) is 5.94. The standard InChI is InChI=1S/C20H29N3O2/c1-7-12-23(5)17(4)16(3)20(21-14-24)22-15(2)13-18-10-8-9-11-19(18)25-6/h8-11,14H,4,7,12-13H2,1-3,5-6H3,(H,21,24)/b20-16+,22-15+. The number of carbonyl (C=O) groups excluding carboxylic acids is 1. The number of carbonyl (C=O) groups is 1. The molecule has 0 saturated heterocycles. The van der Waals surface area contributed by atoms with Gasteiger partial charge in [0.25, 0.3) is 0 Å². The van der Waals surface area contributed by atoms with E-state index in [1.807, 2.05) is 45.2 Å². The molecule has 0 unspecified atom stereocenters. The van der Waals surface area contributed by atoms with Gasteiger partial charge in [-0.2, -0.15) is 0 Å². The molecule has 1 N–H and O–H groups in total. The van der Waals surface area contributed by atoms with E-state index in [4.69, 9.17) is 4.74 Å². The van der Waals surface area contributed by atoms with Crippen molar-refractivity contribution in [2.24, 2.45) is 4.99 Å². The number of hydrogen-bond acceptors (Lipinski definition) is 4. The summed E-state index contributed by atoms with van der Waals surface area (Å²) in [5.41, 5.74) is 3.62. The van der Waals surface area contributed by atoms with Gasteiger partial charge in [-0.25, -0.2) is 4.99 Å². The highest BCUT2D eigenvalue weighted by atomic mass is 16.5. The van der Waals surface area contributed by atoms with Gasteiger partial charge in [0.1, 0.15) is 11.6 Å². The Morgan fingerprint density at radius 1 is 1.36 bits per heavy atom. The maximum Gasteiger partial charge on any atom is 0.212 e. The summed E-state index contributed by atoms with van der Waals surface area (Å²) >= 11 is 0. The zero-order valence-corrected chi connectivity index (χ0v) is 15.9. The lowest BCUT2D eigenvalue weighted by molar-refractivity contribution is -0.108. The Kier molecular flexibility index (Phi) is 8.47. The normalized spacial score (nSPS) is 12.3. The summed E-state index contributed by atoms with van der Waals surface area (Å²) in [6.07, 6.45) is 2.31. The topological polar surface area (TPSA) is 53.9 Å².